The molecule has 8 heteroatoms. The van der Waals surface area contributed by atoms with Crippen LogP contribution in [0.3, 0.4) is 0 Å². The van der Waals surface area contributed by atoms with Crippen LogP contribution in [-0.4, -0.2) is 30.8 Å². The molecule has 3 aromatic heterocycles. The number of halogens is 3. The van der Waals surface area contributed by atoms with Gasteiger partial charge in [-0.3, -0.25) is 4.98 Å². The van der Waals surface area contributed by atoms with Crippen molar-refractivity contribution in [2.24, 2.45) is 0 Å². The van der Waals surface area contributed by atoms with Gasteiger partial charge in [-0.2, -0.15) is 0 Å². The highest BCUT2D eigenvalue weighted by Crippen LogP contribution is 2.27. The van der Waals surface area contributed by atoms with Crippen LogP contribution in [0, 0.1) is 0 Å². The maximum Gasteiger partial charge on any atom is 0.142 e. The third kappa shape index (κ3) is 3.18. The lowest BCUT2D eigenvalue weighted by molar-refractivity contribution is 0.451. The summed E-state index contributed by atoms with van der Waals surface area (Å²) in [4.78, 5) is 13.0. The molecule has 1 aromatic carbocycles. The summed E-state index contributed by atoms with van der Waals surface area (Å²) in [6.07, 6.45) is 6.73. The molecule has 0 saturated heterocycles. The van der Waals surface area contributed by atoms with Crippen LogP contribution in [0.25, 0.3) is 22.4 Å². The molecule has 0 radical (unpaired) electrons. The lowest BCUT2D eigenvalue weighted by Gasteiger charge is -2.09. The fraction of sp³-hybridized carbons (Fsp3) is 0.167. The molecule has 0 aliphatic rings. The molecule has 4 aromatic rings. The molecule has 0 aliphatic heterocycles. The molecule has 0 bridgehead atoms. The van der Waals surface area contributed by atoms with Crippen molar-refractivity contribution >= 4 is 34.2 Å². The Labute approximate surface area is 159 Å². The Morgan fingerprint density at radius 2 is 1.92 bits per heavy atom. The molecule has 132 valence electrons. The minimum atomic E-state index is -0.497. The van der Waals surface area contributed by atoms with Crippen molar-refractivity contribution in [2.75, 3.05) is 6.67 Å². The Kier molecular flexibility index (Phi) is 4.61. The first-order chi connectivity index (χ1) is 12.7. The molecule has 0 amide bonds. The summed E-state index contributed by atoms with van der Waals surface area (Å²) in [5, 5.41) is 1.14. The molecule has 0 unspecified atom stereocenters. The Morgan fingerprint density at radius 1 is 1.04 bits per heavy atom. The largest absolute Gasteiger partial charge is 0.321 e. The van der Waals surface area contributed by atoms with E-state index in [9.17, 15) is 4.39 Å². The van der Waals surface area contributed by atoms with E-state index in [0.29, 0.717) is 22.5 Å². The van der Waals surface area contributed by atoms with Crippen LogP contribution in [-0.2, 0) is 13.1 Å². The second-order valence-electron chi connectivity index (χ2n) is 5.84. The average Bonchev–Trinajstić information content (AvgIpc) is 3.20. The first-order valence-corrected chi connectivity index (χ1v) is 8.73. The number of imidazole rings is 2. The molecule has 0 atom stereocenters. The zero-order chi connectivity index (χ0) is 18.1. The normalized spacial score (nSPS) is 11.3. The van der Waals surface area contributed by atoms with Crippen LogP contribution in [0.1, 0.15) is 5.56 Å². The van der Waals surface area contributed by atoms with Crippen LogP contribution >= 0.6 is 23.2 Å². The van der Waals surface area contributed by atoms with Gasteiger partial charge in [0.05, 0.1) is 36.6 Å². The predicted octanol–water partition coefficient (Wildman–Crippen LogP) is 4.62. The van der Waals surface area contributed by atoms with E-state index >= 15 is 0 Å². The lowest BCUT2D eigenvalue weighted by Crippen LogP contribution is -2.04. The van der Waals surface area contributed by atoms with E-state index < -0.39 is 6.67 Å². The number of pyridine rings is 1. The van der Waals surface area contributed by atoms with Gasteiger partial charge in [0.2, 0.25) is 0 Å². The Morgan fingerprint density at radius 3 is 2.69 bits per heavy atom. The fourth-order valence-electron chi connectivity index (χ4n) is 2.94. The van der Waals surface area contributed by atoms with Gasteiger partial charge in [0.15, 0.2) is 0 Å². The van der Waals surface area contributed by atoms with Crippen molar-refractivity contribution in [2.45, 2.75) is 13.1 Å². The fourth-order valence-corrected chi connectivity index (χ4v) is 3.27. The number of fused-ring (bicyclic) bond motifs is 1. The van der Waals surface area contributed by atoms with Gasteiger partial charge in [0.1, 0.15) is 17.7 Å². The molecule has 0 N–H and O–H groups in total. The van der Waals surface area contributed by atoms with E-state index in [2.05, 4.69) is 15.0 Å². The van der Waals surface area contributed by atoms with Crippen LogP contribution in [0.2, 0.25) is 10.2 Å². The lowest BCUT2D eigenvalue weighted by atomic mass is 10.2. The zero-order valence-electron chi connectivity index (χ0n) is 13.6. The second-order valence-corrected chi connectivity index (χ2v) is 6.66. The first kappa shape index (κ1) is 17.0. The highest BCUT2D eigenvalue weighted by molar-refractivity contribution is 6.31. The van der Waals surface area contributed by atoms with Gasteiger partial charge in [-0.15, -0.1) is 0 Å². The quantitative estimate of drug-likeness (QED) is 0.500. The molecule has 0 aliphatic carbocycles. The smallest absolute Gasteiger partial charge is 0.142 e. The molecule has 0 fully saturated rings. The minimum Gasteiger partial charge on any atom is -0.321 e. The molecule has 0 spiro atoms. The van der Waals surface area contributed by atoms with Gasteiger partial charge in [0, 0.05) is 23.0 Å². The Bertz CT molecular complexity index is 1070. The van der Waals surface area contributed by atoms with E-state index in [4.69, 9.17) is 23.2 Å². The monoisotopic (exact) mass is 389 g/mol. The van der Waals surface area contributed by atoms with E-state index in [1.807, 2.05) is 21.3 Å². The van der Waals surface area contributed by atoms with Crippen molar-refractivity contribution in [1.29, 1.82) is 0 Å². The number of hydrogen-bond acceptors (Lipinski definition) is 3. The van der Waals surface area contributed by atoms with E-state index in [-0.39, 0.29) is 6.54 Å². The third-order valence-corrected chi connectivity index (χ3v) is 4.64. The molecule has 0 saturated carbocycles. The molecular weight excluding hydrogens is 376 g/mol. The third-order valence-electron chi connectivity index (χ3n) is 4.09. The van der Waals surface area contributed by atoms with Crippen molar-refractivity contribution < 1.29 is 4.39 Å². The van der Waals surface area contributed by atoms with Gasteiger partial charge in [-0.25, -0.2) is 14.4 Å². The summed E-state index contributed by atoms with van der Waals surface area (Å²) in [6.45, 7) is 0.237. The maximum absolute atomic E-state index is 13.1. The number of benzene rings is 1. The molecule has 3 heterocycles. The first-order valence-electron chi connectivity index (χ1n) is 7.97. The van der Waals surface area contributed by atoms with Crippen molar-refractivity contribution in [1.82, 2.24) is 24.1 Å². The van der Waals surface area contributed by atoms with Gasteiger partial charge in [-0.1, -0.05) is 23.2 Å². The minimum absolute atomic E-state index is 0.198. The van der Waals surface area contributed by atoms with Gasteiger partial charge in [0.25, 0.3) is 0 Å². The number of nitrogens with zero attached hydrogens (tertiary/aromatic N) is 5. The summed E-state index contributed by atoms with van der Waals surface area (Å²) < 4.78 is 16.8. The molecule has 26 heavy (non-hydrogen) atoms. The Balaban J connectivity index is 1.78. The topological polar surface area (TPSA) is 48.5 Å². The number of aromatic nitrogens is 5. The molecular formula is C18H14Cl2FN5. The predicted molar refractivity (Wildman–Crippen MR) is 100 cm³/mol. The van der Waals surface area contributed by atoms with E-state index in [0.717, 1.165) is 22.2 Å². The van der Waals surface area contributed by atoms with Crippen LogP contribution in [0.15, 0.2) is 49.2 Å². The van der Waals surface area contributed by atoms with Crippen LogP contribution in [0.4, 0.5) is 4.39 Å². The summed E-state index contributed by atoms with van der Waals surface area (Å²) in [5.74, 6) is 0.658. The highest BCUT2D eigenvalue weighted by Gasteiger charge is 2.14. The summed E-state index contributed by atoms with van der Waals surface area (Å²) >= 11 is 12.2. The standard InChI is InChI=1S/C18H14Cl2FN5/c19-14-1-2-15-16(6-14)26(4-3-21)18(24-15)13-5-12(7-22-8-13)10-25-11-23-9-17(25)20/h1-2,5-9,11H,3-4,10H2. The summed E-state index contributed by atoms with van der Waals surface area (Å²) in [5.41, 5.74) is 3.31. The van der Waals surface area contributed by atoms with Crippen LogP contribution < -0.4 is 0 Å². The average molecular weight is 390 g/mol. The van der Waals surface area contributed by atoms with Crippen molar-refractivity contribution in [3.8, 4) is 11.4 Å². The SMILES string of the molecule is FCCn1c(-c2cncc(Cn3cncc3Cl)c2)nc2ccc(Cl)cc21. The van der Waals surface area contributed by atoms with Crippen LogP contribution in [0.5, 0.6) is 0 Å². The number of aryl methyl sites for hydroxylation is 1. The number of rotatable bonds is 5. The zero-order valence-corrected chi connectivity index (χ0v) is 15.1. The Hall–Kier alpha value is -2.44. The maximum atomic E-state index is 13.1. The number of alkyl halides is 1. The molecule has 5 nitrogen and oxygen atoms in total. The molecule has 4 rings (SSSR count). The van der Waals surface area contributed by atoms with E-state index in [1.165, 1.54) is 0 Å². The highest BCUT2D eigenvalue weighted by atomic mass is 35.5. The van der Waals surface area contributed by atoms with Crippen molar-refractivity contribution in [3.05, 3.63) is 64.9 Å². The summed E-state index contributed by atoms with van der Waals surface area (Å²) in [6, 6.07) is 7.38. The second kappa shape index (κ2) is 7.05. The number of hydrogen-bond donors (Lipinski definition) is 0. The summed E-state index contributed by atoms with van der Waals surface area (Å²) in [7, 11) is 0. The van der Waals surface area contributed by atoms with Gasteiger partial charge in [-0.05, 0) is 29.8 Å². The van der Waals surface area contributed by atoms with Gasteiger partial charge < -0.3 is 9.13 Å². The van der Waals surface area contributed by atoms with Crippen molar-refractivity contribution in [3.63, 3.8) is 0 Å². The van der Waals surface area contributed by atoms with Gasteiger partial charge >= 0.3 is 0 Å². The van der Waals surface area contributed by atoms with E-state index in [1.54, 1.807) is 37.1 Å².